The van der Waals surface area contributed by atoms with Crippen LogP contribution in [0.25, 0.3) is 0 Å². The van der Waals surface area contributed by atoms with Gasteiger partial charge in [-0.1, -0.05) is 27.0 Å². The predicted molar refractivity (Wildman–Crippen MR) is 39.9 cm³/mol. The Labute approximate surface area is 57.0 Å². The van der Waals surface area contributed by atoms with Crippen LogP contribution in [0.5, 0.6) is 0 Å². The summed E-state index contributed by atoms with van der Waals surface area (Å²) >= 11 is 0. The second kappa shape index (κ2) is 4.19. The van der Waals surface area contributed by atoms with Crippen LogP contribution in [0.15, 0.2) is 24.7 Å². The highest BCUT2D eigenvalue weighted by Gasteiger charge is 1.91. The lowest BCUT2D eigenvalue weighted by atomic mass is 10.4. The molecule has 0 aromatic heterocycles. The van der Waals surface area contributed by atoms with Crippen LogP contribution in [-0.2, 0) is 4.74 Å². The molecule has 0 aliphatic heterocycles. The van der Waals surface area contributed by atoms with E-state index in [0.717, 1.165) is 24.4 Å². The third-order valence-electron chi connectivity index (χ3n) is 1.08. The summed E-state index contributed by atoms with van der Waals surface area (Å²) < 4.78 is 5.16. The molecule has 0 aliphatic carbocycles. The molecule has 0 aromatic carbocycles. The van der Waals surface area contributed by atoms with Crippen LogP contribution in [0, 0.1) is 0 Å². The van der Waals surface area contributed by atoms with Gasteiger partial charge < -0.3 is 4.74 Å². The number of allylic oxidation sites excluding steroid dienone is 2. The fourth-order valence-corrected chi connectivity index (χ4v) is 0.348. The van der Waals surface area contributed by atoms with Gasteiger partial charge in [0.1, 0.15) is 0 Å². The highest BCUT2D eigenvalue weighted by molar-refractivity contribution is 4.91. The molecule has 0 heterocycles. The van der Waals surface area contributed by atoms with Gasteiger partial charge in [-0.2, -0.15) is 0 Å². The molecule has 0 fully saturated rings. The van der Waals surface area contributed by atoms with Gasteiger partial charge in [-0.15, -0.1) is 0 Å². The predicted octanol–water partition coefficient (Wildman–Crippen LogP) is 2.85. The quantitative estimate of drug-likeness (QED) is 0.526. The molecule has 1 nitrogen and oxygen atoms in total. The SMILES string of the molecule is C=C(CC)OC(=C)CC. The first-order chi connectivity index (χ1) is 4.20. The van der Waals surface area contributed by atoms with E-state index >= 15 is 0 Å². The van der Waals surface area contributed by atoms with Crippen LogP contribution in [-0.4, -0.2) is 0 Å². The van der Waals surface area contributed by atoms with Crippen molar-refractivity contribution in [2.24, 2.45) is 0 Å². The molecule has 0 N–H and O–H groups in total. The Bertz CT molecular complexity index is 99.7. The van der Waals surface area contributed by atoms with E-state index in [1.165, 1.54) is 0 Å². The zero-order valence-corrected chi connectivity index (χ0v) is 6.24. The smallest absolute Gasteiger partial charge is 0.0961 e. The molecule has 0 amide bonds. The minimum atomic E-state index is 0.793. The summed E-state index contributed by atoms with van der Waals surface area (Å²) in [6.45, 7) is 11.4. The maximum absolute atomic E-state index is 5.16. The molecule has 0 saturated heterocycles. The van der Waals surface area contributed by atoms with Crippen molar-refractivity contribution in [1.29, 1.82) is 0 Å². The largest absolute Gasteiger partial charge is 0.467 e. The lowest BCUT2D eigenvalue weighted by Gasteiger charge is -2.05. The molecule has 0 radical (unpaired) electrons. The fourth-order valence-electron chi connectivity index (χ4n) is 0.348. The van der Waals surface area contributed by atoms with Crippen molar-refractivity contribution in [1.82, 2.24) is 0 Å². The molecule has 0 spiro atoms. The first-order valence-corrected chi connectivity index (χ1v) is 3.24. The van der Waals surface area contributed by atoms with Gasteiger partial charge >= 0.3 is 0 Å². The van der Waals surface area contributed by atoms with Crippen molar-refractivity contribution >= 4 is 0 Å². The van der Waals surface area contributed by atoms with E-state index in [-0.39, 0.29) is 0 Å². The Kier molecular flexibility index (Phi) is 3.85. The van der Waals surface area contributed by atoms with Gasteiger partial charge in [0.05, 0.1) is 11.5 Å². The topological polar surface area (TPSA) is 9.23 Å². The molecular formula is C8H14O. The molecule has 0 aliphatic rings. The lowest BCUT2D eigenvalue weighted by molar-refractivity contribution is 0.287. The van der Waals surface area contributed by atoms with E-state index in [0.29, 0.717) is 0 Å². The third-order valence-corrected chi connectivity index (χ3v) is 1.08. The van der Waals surface area contributed by atoms with Crippen molar-refractivity contribution in [2.45, 2.75) is 26.7 Å². The Balaban J connectivity index is 3.47. The molecule has 1 heteroatoms. The standard InChI is InChI=1S/C8H14O/c1-5-7(3)9-8(4)6-2/h3-6H2,1-2H3. The Hall–Kier alpha value is -0.720. The van der Waals surface area contributed by atoms with Gasteiger partial charge in [-0.25, -0.2) is 0 Å². The summed E-state index contributed by atoms with van der Waals surface area (Å²) in [5.41, 5.74) is 0. The van der Waals surface area contributed by atoms with Gasteiger partial charge in [-0.3, -0.25) is 0 Å². The van der Waals surface area contributed by atoms with E-state index < -0.39 is 0 Å². The number of hydrogen-bond donors (Lipinski definition) is 0. The molecule has 0 saturated carbocycles. The Morgan fingerprint density at radius 1 is 1.11 bits per heavy atom. The van der Waals surface area contributed by atoms with E-state index in [9.17, 15) is 0 Å². The second-order valence-electron chi connectivity index (χ2n) is 1.89. The molecule has 0 aromatic rings. The zero-order chi connectivity index (χ0) is 7.28. The van der Waals surface area contributed by atoms with Gasteiger partial charge in [-0.05, 0) is 0 Å². The minimum absolute atomic E-state index is 0.793. The average molecular weight is 126 g/mol. The maximum Gasteiger partial charge on any atom is 0.0961 e. The van der Waals surface area contributed by atoms with Crippen LogP contribution >= 0.6 is 0 Å². The number of rotatable bonds is 4. The van der Waals surface area contributed by atoms with Crippen molar-refractivity contribution in [3.8, 4) is 0 Å². The first-order valence-electron chi connectivity index (χ1n) is 3.24. The number of ether oxygens (including phenoxy) is 1. The van der Waals surface area contributed by atoms with Crippen molar-refractivity contribution in [2.75, 3.05) is 0 Å². The summed E-state index contributed by atoms with van der Waals surface area (Å²) in [4.78, 5) is 0. The molecule has 0 unspecified atom stereocenters. The summed E-state index contributed by atoms with van der Waals surface area (Å²) in [7, 11) is 0. The van der Waals surface area contributed by atoms with Gasteiger partial charge in [0.25, 0.3) is 0 Å². The zero-order valence-electron chi connectivity index (χ0n) is 6.24. The van der Waals surface area contributed by atoms with Crippen LogP contribution in [0.3, 0.4) is 0 Å². The molecule has 0 atom stereocenters. The first kappa shape index (κ1) is 8.28. The molecule has 0 bridgehead atoms. The summed E-state index contributed by atoms with van der Waals surface area (Å²) in [5.74, 6) is 1.59. The summed E-state index contributed by atoms with van der Waals surface area (Å²) in [6.07, 6.45) is 1.72. The third kappa shape index (κ3) is 3.83. The van der Waals surface area contributed by atoms with E-state index in [4.69, 9.17) is 4.74 Å². The number of hydrogen-bond acceptors (Lipinski definition) is 1. The van der Waals surface area contributed by atoms with Crippen LogP contribution < -0.4 is 0 Å². The molecule has 52 valence electrons. The summed E-state index contributed by atoms with van der Waals surface area (Å²) in [6, 6.07) is 0. The highest BCUT2D eigenvalue weighted by Crippen LogP contribution is 2.07. The molecular weight excluding hydrogens is 112 g/mol. The van der Waals surface area contributed by atoms with Gasteiger partial charge in [0, 0.05) is 12.8 Å². The Morgan fingerprint density at radius 2 is 1.44 bits per heavy atom. The van der Waals surface area contributed by atoms with Crippen LogP contribution in [0.4, 0.5) is 0 Å². The highest BCUT2D eigenvalue weighted by atomic mass is 16.5. The van der Waals surface area contributed by atoms with Gasteiger partial charge in [0.15, 0.2) is 0 Å². The van der Waals surface area contributed by atoms with E-state index in [1.807, 2.05) is 13.8 Å². The minimum Gasteiger partial charge on any atom is -0.467 e. The molecule has 9 heavy (non-hydrogen) atoms. The van der Waals surface area contributed by atoms with Crippen molar-refractivity contribution in [3.63, 3.8) is 0 Å². The van der Waals surface area contributed by atoms with Crippen LogP contribution in [0.2, 0.25) is 0 Å². The van der Waals surface area contributed by atoms with Crippen molar-refractivity contribution in [3.05, 3.63) is 24.7 Å². The fraction of sp³-hybridized carbons (Fsp3) is 0.500. The van der Waals surface area contributed by atoms with E-state index in [2.05, 4.69) is 13.2 Å². The molecule has 0 rings (SSSR count). The average Bonchev–Trinajstić information content (AvgIpc) is 1.87. The second-order valence-corrected chi connectivity index (χ2v) is 1.89. The normalized spacial score (nSPS) is 8.67. The van der Waals surface area contributed by atoms with E-state index in [1.54, 1.807) is 0 Å². The van der Waals surface area contributed by atoms with Crippen LogP contribution in [0.1, 0.15) is 26.7 Å². The monoisotopic (exact) mass is 126 g/mol. The maximum atomic E-state index is 5.16. The summed E-state index contributed by atoms with van der Waals surface area (Å²) in [5, 5.41) is 0. The van der Waals surface area contributed by atoms with Gasteiger partial charge in [0.2, 0.25) is 0 Å². The lowest BCUT2D eigenvalue weighted by Crippen LogP contribution is -1.86. The Morgan fingerprint density at radius 3 is 1.67 bits per heavy atom. The van der Waals surface area contributed by atoms with Crippen molar-refractivity contribution < 1.29 is 4.74 Å².